The Kier molecular flexibility index (Phi) is 8.29. The van der Waals surface area contributed by atoms with Gasteiger partial charge in [0.2, 0.25) is 0 Å². The Morgan fingerprint density at radius 2 is 2.00 bits per heavy atom. The zero-order valence-electron chi connectivity index (χ0n) is 14.9. The molecule has 0 aliphatic rings. The molecular weight excluding hydrogens is 388 g/mol. The molecular formula is C19H21ClN2O4S. The summed E-state index contributed by atoms with van der Waals surface area (Å²) >= 11 is 7.26. The Morgan fingerprint density at radius 3 is 2.70 bits per heavy atom. The van der Waals surface area contributed by atoms with Crippen LogP contribution in [0.3, 0.4) is 0 Å². The van der Waals surface area contributed by atoms with Crippen molar-refractivity contribution in [2.24, 2.45) is 0 Å². The molecule has 1 heterocycles. The Labute approximate surface area is 166 Å². The maximum Gasteiger partial charge on any atom is 0.340 e. The Hall–Kier alpha value is -2.38. The van der Waals surface area contributed by atoms with Crippen molar-refractivity contribution >= 4 is 46.4 Å². The van der Waals surface area contributed by atoms with Crippen molar-refractivity contribution in [3.63, 3.8) is 0 Å². The Balaban J connectivity index is 1.97. The van der Waals surface area contributed by atoms with E-state index in [1.807, 2.05) is 0 Å². The molecule has 0 unspecified atom stereocenters. The number of benzene rings is 1. The summed E-state index contributed by atoms with van der Waals surface area (Å²) in [5.41, 5.74) is 0.359. The van der Waals surface area contributed by atoms with E-state index in [9.17, 15) is 14.4 Å². The van der Waals surface area contributed by atoms with E-state index in [-0.39, 0.29) is 29.7 Å². The largest absolute Gasteiger partial charge is 0.452 e. The zero-order valence-corrected chi connectivity index (χ0v) is 16.5. The minimum atomic E-state index is -0.711. The standard InChI is InChI=1S/C19H21ClN2O4S/c1-2-3-4-9-21-17(23)12-26-19(25)14-8-7-13(20)11-15(14)22-18(24)16-6-5-10-27-16/h5-8,10-11H,2-4,9,12H2,1H3,(H,21,23)(H,22,24). The third kappa shape index (κ3) is 6.69. The number of thiophene rings is 1. The lowest BCUT2D eigenvalue weighted by Crippen LogP contribution is -2.29. The molecule has 0 bridgehead atoms. The van der Waals surface area contributed by atoms with Gasteiger partial charge in [-0.15, -0.1) is 11.3 Å². The van der Waals surface area contributed by atoms with Crippen LogP contribution in [0.25, 0.3) is 0 Å². The monoisotopic (exact) mass is 408 g/mol. The van der Waals surface area contributed by atoms with Crippen molar-refractivity contribution in [2.45, 2.75) is 26.2 Å². The van der Waals surface area contributed by atoms with Crippen LogP contribution in [-0.4, -0.2) is 30.9 Å². The second kappa shape index (κ2) is 10.7. The molecule has 2 aromatic rings. The van der Waals surface area contributed by atoms with E-state index in [0.717, 1.165) is 19.3 Å². The fourth-order valence-electron chi connectivity index (χ4n) is 2.25. The highest BCUT2D eigenvalue weighted by Gasteiger charge is 2.17. The van der Waals surface area contributed by atoms with Gasteiger partial charge in [0.1, 0.15) is 0 Å². The van der Waals surface area contributed by atoms with Crippen LogP contribution in [0.5, 0.6) is 0 Å². The number of amides is 2. The van der Waals surface area contributed by atoms with Gasteiger partial charge in [-0.05, 0) is 36.1 Å². The van der Waals surface area contributed by atoms with Gasteiger partial charge in [0.05, 0.1) is 16.1 Å². The number of rotatable bonds is 9. The smallest absolute Gasteiger partial charge is 0.340 e. The molecule has 6 nitrogen and oxygen atoms in total. The lowest BCUT2D eigenvalue weighted by molar-refractivity contribution is -0.124. The summed E-state index contributed by atoms with van der Waals surface area (Å²) in [5.74, 6) is -1.43. The predicted octanol–water partition coefficient (Wildman–Crippen LogP) is 4.12. The van der Waals surface area contributed by atoms with E-state index in [1.54, 1.807) is 17.5 Å². The second-order valence-corrected chi connectivity index (χ2v) is 7.14. The topological polar surface area (TPSA) is 84.5 Å². The SMILES string of the molecule is CCCCCNC(=O)COC(=O)c1ccc(Cl)cc1NC(=O)c1cccs1. The molecule has 8 heteroatoms. The summed E-state index contributed by atoms with van der Waals surface area (Å²) in [6.45, 7) is 2.24. The molecule has 2 rings (SSSR count). The van der Waals surface area contributed by atoms with E-state index in [0.29, 0.717) is 16.4 Å². The number of ether oxygens (including phenoxy) is 1. The summed E-state index contributed by atoms with van der Waals surface area (Å²) in [4.78, 5) is 36.8. The molecule has 0 spiro atoms. The van der Waals surface area contributed by atoms with Crippen LogP contribution >= 0.6 is 22.9 Å². The number of anilines is 1. The van der Waals surface area contributed by atoms with Crippen LogP contribution in [-0.2, 0) is 9.53 Å². The molecule has 0 saturated heterocycles. The van der Waals surface area contributed by atoms with Crippen molar-refractivity contribution in [3.05, 3.63) is 51.2 Å². The summed E-state index contributed by atoms with van der Waals surface area (Å²) in [5, 5.41) is 7.49. The number of hydrogen-bond donors (Lipinski definition) is 2. The fraction of sp³-hybridized carbons (Fsp3) is 0.316. The number of carbonyl (C=O) groups is 3. The average Bonchev–Trinajstić information content (AvgIpc) is 3.18. The minimum absolute atomic E-state index is 0.128. The van der Waals surface area contributed by atoms with Crippen LogP contribution in [0, 0.1) is 0 Å². The van der Waals surface area contributed by atoms with Gasteiger partial charge in [0, 0.05) is 11.6 Å². The molecule has 0 saturated carbocycles. The van der Waals surface area contributed by atoms with Gasteiger partial charge in [-0.25, -0.2) is 4.79 Å². The van der Waals surface area contributed by atoms with Crippen LogP contribution in [0.2, 0.25) is 5.02 Å². The molecule has 2 amide bonds. The van der Waals surface area contributed by atoms with Crippen molar-refractivity contribution < 1.29 is 19.1 Å². The maximum atomic E-state index is 12.3. The quantitative estimate of drug-likeness (QED) is 0.483. The molecule has 2 N–H and O–H groups in total. The first-order chi connectivity index (χ1) is 13.0. The number of hydrogen-bond acceptors (Lipinski definition) is 5. The average molecular weight is 409 g/mol. The van der Waals surface area contributed by atoms with Gasteiger partial charge in [0.25, 0.3) is 11.8 Å². The van der Waals surface area contributed by atoms with E-state index in [1.165, 1.54) is 29.5 Å². The van der Waals surface area contributed by atoms with Gasteiger partial charge in [0.15, 0.2) is 6.61 Å². The van der Waals surface area contributed by atoms with Crippen molar-refractivity contribution in [3.8, 4) is 0 Å². The molecule has 0 atom stereocenters. The number of esters is 1. The third-order valence-corrected chi connectivity index (χ3v) is 4.74. The Morgan fingerprint density at radius 1 is 1.19 bits per heavy atom. The van der Waals surface area contributed by atoms with Crippen LogP contribution in [0.4, 0.5) is 5.69 Å². The van der Waals surface area contributed by atoms with E-state index >= 15 is 0 Å². The van der Waals surface area contributed by atoms with E-state index < -0.39 is 5.97 Å². The molecule has 0 aliphatic heterocycles. The fourth-order valence-corrected chi connectivity index (χ4v) is 3.04. The van der Waals surface area contributed by atoms with Gasteiger partial charge in [-0.2, -0.15) is 0 Å². The predicted molar refractivity (Wildman–Crippen MR) is 107 cm³/mol. The number of unbranched alkanes of at least 4 members (excludes halogenated alkanes) is 2. The highest BCUT2D eigenvalue weighted by molar-refractivity contribution is 7.12. The normalized spacial score (nSPS) is 10.3. The first kappa shape index (κ1) is 20.9. The first-order valence-electron chi connectivity index (χ1n) is 8.59. The van der Waals surface area contributed by atoms with E-state index in [2.05, 4.69) is 17.6 Å². The van der Waals surface area contributed by atoms with Crippen LogP contribution in [0.15, 0.2) is 35.7 Å². The second-order valence-electron chi connectivity index (χ2n) is 5.75. The first-order valence-corrected chi connectivity index (χ1v) is 9.85. The summed E-state index contributed by atoms with van der Waals surface area (Å²) < 4.78 is 5.06. The minimum Gasteiger partial charge on any atom is -0.452 e. The van der Waals surface area contributed by atoms with Crippen LogP contribution < -0.4 is 10.6 Å². The number of carbonyl (C=O) groups excluding carboxylic acids is 3. The molecule has 27 heavy (non-hydrogen) atoms. The van der Waals surface area contributed by atoms with Gasteiger partial charge < -0.3 is 15.4 Å². The zero-order chi connectivity index (χ0) is 19.6. The summed E-state index contributed by atoms with van der Waals surface area (Å²) in [6.07, 6.45) is 2.96. The van der Waals surface area contributed by atoms with Crippen molar-refractivity contribution in [1.82, 2.24) is 5.32 Å². The Bertz CT molecular complexity index is 793. The number of halogens is 1. The van der Waals surface area contributed by atoms with Gasteiger partial charge in [-0.1, -0.05) is 37.4 Å². The summed E-state index contributed by atoms with van der Waals surface area (Å²) in [6, 6.07) is 7.86. The molecule has 0 aliphatic carbocycles. The van der Waals surface area contributed by atoms with E-state index in [4.69, 9.17) is 16.3 Å². The van der Waals surface area contributed by atoms with Gasteiger partial charge in [-0.3, -0.25) is 9.59 Å². The van der Waals surface area contributed by atoms with Crippen molar-refractivity contribution in [1.29, 1.82) is 0 Å². The van der Waals surface area contributed by atoms with Crippen molar-refractivity contribution in [2.75, 3.05) is 18.5 Å². The molecule has 0 radical (unpaired) electrons. The molecule has 144 valence electrons. The van der Waals surface area contributed by atoms with Crippen LogP contribution in [0.1, 0.15) is 46.2 Å². The molecule has 0 fully saturated rings. The highest BCUT2D eigenvalue weighted by Crippen LogP contribution is 2.23. The maximum absolute atomic E-state index is 12.3. The summed E-state index contributed by atoms with van der Waals surface area (Å²) in [7, 11) is 0. The van der Waals surface area contributed by atoms with Gasteiger partial charge >= 0.3 is 5.97 Å². The highest BCUT2D eigenvalue weighted by atomic mass is 35.5. The molecule has 1 aromatic carbocycles. The third-order valence-electron chi connectivity index (χ3n) is 3.63. The lowest BCUT2D eigenvalue weighted by Gasteiger charge is -2.11. The lowest BCUT2D eigenvalue weighted by atomic mass is 10.1. The molecule has 1 aromatic heterocycles. The number of nitrogens with one attached hydrogen (secondary N) is 2.